The van der Waals surface area contributed by atoms with Crippen molar-refractivity contribution in [3.8, 4) is 11.1 Å². The van der Waals surface area contributed by atoms with Crippen LogP contribution in [0.3, 0.4) is 0 Å². The second-order valence-electron chi connectivity index (χ2n) is 5.53. The minimum absolute atomic E-state index is 0.181. The van der Waals surface area contributed by atoms with Crippen LogP contribution in [0.5, 0.6) is 0 Å². The van der Waals surface area contributed by atoms with Gasteiger partial charge in [-0.3, -0.25) is 9.48 Å². The molecule has 8 heteroatoms. The van der Waals surface area contributed by atoms with Crippen molar-refractivity contribution in [3.05, 3.63) is 70.0 Å². The predicted octanol–water partition coefficient (Wildman–Crippen LogP) is 5.58. The van der Waals surface area contributed by atoms with E-state index in [9.17, 15) is 13.6 Å². The number of hydrogen-bond acceptors (Lipinski definition) is 2. The number of rotatable bonds is 4. The number of aromatic nitrogens is 2. The van der Waals surface area contributed by atoms with Crippen molar-refractivity contribution in [1.29, 1.82) is 0 Å². The lowest BCUT2D eigenvalue weighted by molar-refractivity contribution is 0.101. The summed E-state index contributed by atoms with van der Waals surface area (Å²) in [6, 6.07) is 11.9. The van der Waals surface area contributed by atoms with E-state index in [2.05, 4.69) is 10.4 Å². The number of anilines is 1. The summed E-state index contributed by atoms with van der Waals surface area (Å²) in [4.78, 5) is 12.5. The quantitative estimate of drug-likeness (QED) is 0.626. The van der Waals surface area contributed by atoms with Gasteiger partial charge in [-0.25, -0.2) is 8.78 Å². The standard InChI is InChI=1S/C18H13Cl2F2N3O/c1-25-9-13(16(24-25)17(21)22)18(26)23-15-5-3-2-4-12(15)11-7-6-10(19)8-14(11)20/h2-9,17H,1H3,(H,23,26). The fourth-order valence-corrected chi connectivity index (χ4v) is 3.08. The highest BCUT2D eigenvalue weighted by Crippen LogP contribution is 2.35. The molecule has 0 unspecified atom stereocenters. The third kappa shape index (κ3) is 3.71. The van der Waals surface area contributed by atoms with Crippen molar-refractivity contribution in [2.75, 3.05) is 5.32 Å². The number of para-hydroxylation sites is 1. The molecule has 3 rings (SSSR count). The highest BCUT2D eigenvalue weighted by Gasteiger charge is 2.23. The molecule has 2 aromatic carbocycles. The van der Waals surface area contributed by atoms with E-state index in [-0.39, 0.29) is 5.56 Å². The average Bonchev–Trinajstić information content (AvgIpc) is 2.98. The summed E-state index contributed by atoms with van der Waals surface area (Å²) in [5.74, 6) is -0.675. The molecule has 1 aromatic heterocycles. The molecule has 134 valence electrons. The zero-order valence-electron chi connectivity index (χ0n) is 13.5. The van der Waals surface area contributed by atoms with Gasteiger partial charge in [0, 0.05) is 40.1 Å². The van der Waals surface area contributed by atoms with E-state index in [1.807, 2.05) is 0 Å². The van der Waals surface area contributed by atoms with Crippen LogP contribution in [0.15, 0.2) is 48.7 Å². The maximum atomic E-state index is 13.1. The normalized spacial score (nSPS) is 11.0. The molecule has 1 N–H and O–H groups in total. The van der Waals surface area contributed by atoms with Gasteiger partial charge in [-0.05, 0) is 18.2 Å². The maximum Gasteiger partial charge on any atom is 0.282 e. The van der Waals surface area contributed by atoms with Gasteiger partial charge >= 0.3 is 0 Å². The molecule has 0 radical (unpaired) electrons. The van der Waals surface area contributed by atoms with Gasteiger partial charge in [0.25, 0.3) is 12.3 Å². The van der Waals surface area contributed by atoms with Gasteiger partial charge in [0.2, 0.25) is 0 Å². The summed E-state index contributed by atoms with van der Waals surface area (Å²) in [7, 11) is 1.48. The number of aryl methyl sites for hydroxylation is 1. The summed E-state index contributed by atoms with van der Waals surface area (Å²) in [5, 5.41) is 7.20. The molecular weight excluding hydrogens is 383 g/mol. The Balaban J connectivity index is 1.98. The van der Waals surface area contributed by atoms with Crippen LogP contribution in [-0.2, 0) is 7.05 Å². The Bertz CT molecular complexity index is 973. The maximum absolute atomic E-state index is 13.1. The fourth-order valence-electron chi connectivity index (χ4n) is 2.57. The molecule has 1 heterocycles. The van der Waals surface area contributed by atoms with Gasteiger partial charge in [0.15, 0.2) is 0 Å². The van der Waals surface area contributed by atoms with Crippen molar-refractivity contribution in [2.45, 2.75) is 6.43 Å². The highest BCUT2D eigenvalue weighted by molar-refractivity contribution is 6.36. The number of halogens is 4. The number of nitrogens with zero attached hydrogens (tertiary/aromatic N) is 2. The number of carbonyl (C=O) groups is 1. The van der Waals surface area contributed by atoms with E-state index in [1.165, 1.54) is 17.9 Å². The minimum Gasteiger partial charge on any atom is -0.321 e. The van der Waals surface area contributed by atoms with Gasteiger partial charge in [0.1, 0.15) is 5.69 Å². The second-order valence-corrected chi connectivity index (χ2v) is 6.37. The summed E-state index contributed by atoms with van der Waals surface area (Å²) >= 11 is 12.2. The molecule has 26 heavy (non-hydrogen) atoms. The van der Waals surface area contributed by atoms with Crippen LogP contribution in [0.25, 0.3) is 11.1 Å². The van der Waals surface area contributed by atoms with Crippen molar-refractivity contribution in [3.63, 3.8) is 0 Å². The molecule has 1 amide bonds. The molecule has 0 spiro atoms. The second kappa shape index (κ2) is 7.43. The monoisotopic (exact) mass is 395 g/mol. The first-order chi connectivity index (χ1) is 12.4. The SMILES string of the molecule is Cn1cc(C(=O)Nc2ccccc2-c2ccc(Cl)cc2Cl)c(C(F)F)n1. The van der Waals surface area contributed by atoms with Gasteiger partial charge in [-0.2, -0.15) is 5.10 Å². The molecule has 0 atom stereocenters. The number of amides is 1. The predicted molar refractivity (Wildman–Crippen MR) is 98.0 cm³/mol. The first-order valence-corrected chi connectivity index (χ1v) is 8.30. The summed E-state index contributed by atoms with van der Waals surface area (Å²) in [6.07, 6.45) is -1.59. The number of hydrogen-bond donors (Lipinski definition) is 1. The molecule has 0 aliphatic rings. The van der Waals surface area contributed by atoms with Crippen molar-refractivity contribution in [2.24, 2.45) is 7.05 Å². The summed E-state index contributed by atoms with van der Waals surface area (Å²) in [5.41, 5.74) is 0.995. The molecule has 0 saturated heterocycles. The van der Waals surface area contributed by atoms with Crippen LogP contribution >= 0.6 is 23.2 Å². The Kier molecular flexibility index (Phi) is 5.25. The first kappa shape index (κ1) is 18.4. The van der Waals surface area contributed by atoms with Crippen LogP contribution in [-0.4, -0.2) is 15.7 Å². The first-order valence-electron chi connectivity index (χ1n) is 7.54. The Labute approximate surface area is 158 Å². The number of alkyl halides is 2. The lowest BCUT2D eigenvalue weighted by Crippen LogP contribution is -2.14. The fraction of sp³-hybridized carbons (Fsp3) is 0.111. The molecule has 3 aromatic rings. The van der Waals surface area contributed by atoms with E-state index < -0.39 is 18.0 Å². The number of nitrogens with one attached hydrogen (secondary N) is 1. The zero-order valence-corrected chi connectivity index (χ0v) is 15.0. The number of benzene rings is 2. The topological polar surface area (TPSA) is 46.9 Å². The minimum atomic E-state index is -2.85. The molecule has 0 aliphatic carbocycles. The summed E-state index contributed by atoms with van der Waals surface area (Å²) < 4.78 is 27.4. The lowest BCUT2D eigenvalue weighted by Gasteiger charge is -2.12. The van der Waals surface area contributed by atoms with Crippen LogP contribution in [0.4, 0.5) is 14.5 Å². The molecule has 0 fully saturated rings. The van der Waals surface area contributed by atoms with E-state index in [1.54, 1.807) is 42.5 Å². The smallest absolute Gasteiger partial charge is 0.282 e. The third-order valence-electron chi connectivity index (χ3n) is 3.71. The molecule has 4 nitrogen and oxygen atoms in total. The van der Waals surface area contributed by atoms with Crippen LogP contribution < -0.4 is 5.32 Å². The Morgan fingerprint density at radius 1 is 1.15 bits per heavy atom. The molecular formula is C18H13Cl2F2N3O. The Morgan fingerprint density at radius 2 is 1.88 bits per heavy atom. The molecule has 0 saturated carbocycles. The van der Waals surface area contributed by atoms with Gasteiger partial charge in [0.05, 0.1) is 5.56 Å². The van der Waals surface area contributed by atoms with E-state index in [0.717, 1.165) is 0 Å². The van der Waals surface area contributed by atoms with Gasteiger partial charge in [-0.15, -0.1) is 0 Å². The van der Waals surface area contributed by atoms with Crippen molar-refractivity contribution in [1.82, 2.24) is 9.78 Å². The Morgan fingerprint density at radius 3 is 2.58 bits per heavy atom. The van der Waals surface area contributed by atoms with Gasteiger partial charge < -0.3 is 5.32 Å². The van der Waals surface area contributed by atoms with Crippen molar-refractivity contribution < 1.29 is 13.6 Å². The van der Waals surface area contributed by atoms with Gasteiger partial charge in [-0.1, -0.05) is 47.5 Å². The molecule has 0 bridgehead atoms. The van der Waals surface area contributed by atoms with Crippen molar-refractivity contribution >= 4 is 34.8 Å². The largest absolute Gasteiger partial charge is 0.321 e. The Hall–Kier alpha value is -2.44. The average molecular weight is 396 g/mol. The van der Waals surface area contributed by atoms with Crippen LogP contribution in [0.1, 0.15) is 22.5 Å². The van der Waals surface area contributed by atoms with E-state index >= 15 is 0 Å². The lowest BCUT2D eigenvalue weighted by atomic mass is 10.0. The third-order valence-corrected chi connectivity index (χ3v) is 4.25. The van der Waals surface area contributed by atoms with Crippen LogP contribution in [0.2, 0.25) is 10.0 Å². The van der Waals surface area contributed by atoms with E-state index in [4.69, 9.17) is 23.2 Å². The van der Waals surface area contributed by atoms with E-state index in [0.29, 0.717) is 26.9 Å². The molecule has 0 aliphatic heterocycles. The number of carbonyl (C=O) groups excluding carboxylic acids is 1. The summed E-state index contributed by atoms with van der Waals surface area (Å²) in [6.45, 7) is 0. The zero-order chi connectivity index (χ0) is 18.8. The van der Waals surface area contributed by atoms with Crippen LogP contribution in [0, 0.1) is 0 Å². The highest BCUT2D eigenvalue weighted by atomic mass is 35.5.